The summed E-state index contributed by atoms with van der Waals surface area (Å²) in [7, 11) is 0. The van der Waals surface area contributed by atoms with Crippen molar-refractivity contribution >= 4 is 38.8 Å². The number of aromatic nitrogens is 6. The fourth-order valence-corrected chi connectivity index (χ4v) is 3.37. The highest BCUT2D eigenvalue weighted by molar-refractivity contribution is 9.10. The molecule has 3 heterocycles. The summed E-state index contributed by atoms with van der Waals surface area (Å²) in [6.07, 6.45) is 3.53. The predicted octanol–water partition coefficient (Wildman–Crippen LogP) is 2.15. The number of anilines is 1. The van der Waals surface area contributed by atoms with Crippen LogP contribution in [0.25, 0.3) is 11.0 Å². The largest absolute Gasteiger partial charge is 0.329 e. The lowest BCUT2D eigenvalue weighted by Crippen LogP contribution is -2.31. The number of aryl methyl sites for hydroxylation is 1. The van der Waals surface area contributed by atoms with Gasteiger partial charge in [-0.15, -0.1) is 5.10 Å². The van der Waals surface area contributed by atoms with E-state index in [4.69, 9.17) is 0 Å². The van der Waals surface area contributed by atoms with Gasteiger partial charge >= 0.3 is 5.69 Å². The molecule has 0 saturated carbocycles. The van der Waals surface area contributed by atoms with Crippen molar-refractivity contribution in [3.8, 4) is 0 Å². The maximum atomic E-state index is 12.6. The van der Waals surface area contributed by atoms with E-state index in [2.05, 4.69) is 41.3 Å². The predicted molar refractivity (Wildman–Crippen MR) is 118 cm³/mol. The molecule has 1 aromatic carbocycles. The summed E-state index contributed by atoms with van der Waals surface area (Å²) in [5.74, 6) is -0.379. The SMILES string of the molecule is CCCn1c(=O)[nH]c(=O)c2cc(C(=O)Nc3ncn(Cc4ccc(Br)cc4)n3)cnc21. The molecule has 1 amide bonds. The lowest BCUT2D eigenvalue weighted by atomic mass is 10.2. The van der Waals surface area contributed by atoms with Gasteiger partial charge < -0.3 is 0 Å². The van der Waals surface area contributed by atoms with Crippen molar-refractivity contribution in [2.75, 3.05) is 5.32 Å². The van der Waals surface area contributed by atoms with Gasteiger partial charge in [0.15, 0.2) is 0 Å². The van der Waals surface area contributed by atoms with Gasteiger partial charge in [0.05, 0.1) is 17.5 Å². The smallest absolute Gasteiger partial charge is 0.289 e. The van der Waals surface area contributed by atoms with Gasteiger partial charge in [-0.3, -0.25) is 24.5 Å². The Morgan fingerprint density at radius 3 is 2.71 bits per heavy atom. The number of amides is 1. The van der Waals surface area contributed by atoms with Gasteiger partial charge in [0.25, 0.3) is 11.5 Å². The van der Waals surface area contributed by atoms with Crippen molar-refractivity contribution in [1.82, 2.24) is 29.3 Å². The molecule has 0 radical (unpaired) electrons. The minimum atomic E-state index is -0.591. The third-order valence-corrected chi connectivity index (χ3v) is 5.09. The molecule has 4 rings (SSSR count). The average Bonchev–Trinajstić information content (AvgIpc) is 3.19. The fraction of sp³-hybridized carbons (Fsp3) is 0.200. The number of hydrogen-bond acceptors (Lipinski definition) is 6. The Balaban J connectivity index is 1.55. The van der Waals surface area contributed by atoms with Gasteiger partial charge in [0.2, 0.25) is 5.95 Å². The summed E-state index contributed by atoms with van der Waals surface area (Å²) in [5.41, 5.74) is 0.311. The molecule has 0 aliphatic rings. The molecule has 0 fully saturated rings. The molecular formula is C20H18BrN7O3. The molecule has 0 unspecified atom stereocenters. The number of rotatable bonds is 6. The number of nitrogens with zero attached hydrogens (tertiary/aromatic N) is 5. The van der Waals surface area contributed by atoms with E-state index >= 15 is 0 Å². The van der Waals surface area contributed by atoms with Crippen LogP contribution in [0.1, 0.15) is 29.3 Å². The minimum absolute atomic E-state index is 0.132. The quantitative estimate of drug-likeness (QED) is 0.432. The molecule has 2 N–H and O–H groups in total. The van der Waals surface area contributed by atoms with E-state index in [-0.39, 0.29) is 22.5 Å². The summed E-state index contributed by atoms with van der Waals surface area (Å²) < 4.78 is 3.97. The highest BCUT2D eigenvalue weighted by atomic mass is 79.9. The number of hydrogen-bond donors (Lipinski definition) is 2. The number of carbonyl (C=O) groups is 1. The number of aromatic amines is 1. The molecular weight excluding hydrogens is 466 g/mol. The van der Waals surface area contributed by atoms with Crippen LogP contribution in [0.5, 0.6) is 0 Å². The summed E-state index contributed by atoms with van der Waals surface area (Å²) in [6, 6.07) is 9.19. The van der Waals surface area contributed by atoms with Crippen molar-refractivity contribution < 1.29 is 4.79 Å². The van der Waals surface area contributed by atoms with E-state index in [0.29, 0.717) is 19.5 Å². The lowest BCUT2D eigenvalue weighted by Gasteiger charge is -2.08. The van der Waals surface area contributed by atoms with E-state index in [0.717, 1.165) is 10.0 Å². The first-order valence-corrected chi connectivity index (χ1v) is 10.3. The fourth-order valence-electron chi connectivity index (χ4n) is 3.10. The number of benzene rings is 1. The molecule has 158 valence electrons. The normalized spacial score (nSPS) is 11.0. The third-order valence-electron chi connectivity index (χ3n) is 4.56. The second-order valence-corrected chi connectivity index (χ2v) is 7.77. The molecule has 0 saturated heterocycles. The third kappa shape index (κ3) is 4.45. The summed E-state index contributed by atoms with van der Waals surface area (Å²) in [5, 5.41) is 7.01. The zero-order chi connectivity index (χ0) is 22.0. The van der Waals surface area contributed by atoms with E-state index in [9.17, 15) is 14.4 Å². The highest BCUT2D eigenvalue weighted by Crippen LogP contribution is 2.13. The Morgan fingerprint density at radius 1 is 1.19 bits per heavy atom. The van der Waals surface area contributed by atoms with Gasteiger partial charge in [-0.25, -0.2) is 19.4 Å². The molecule has 0 atom stereocenters. The number of H-pyrrole nitrogens is 1. The molecule has 4 aromatic rings. The first-order valence-electron chi connectivity index (χ1n) is 9.52. The van der Waals surface area contributed by atoms with Gasteiger partial charge in [-0.05, 0) is 30.2 Å². The van der Waals surface area contributed by atoms with Gasteiger partial charge in [0, 0.05) is 17.2 Å². The molecule has 0 bridgehead atoms. The van der Waals surface area contributed by atoms with Gasteiger partial charge in [0.1, 0.15) is 12.0 Å². The highest BCUT2D eigenvalue weighted by Gasteiger charge is 2.14. The van der Waals surface area contributed by atoms with Crippen LogP contribution in [0.4, 0.5) is 5.95 Å². The Hall–Kier alpha value is -3.60. The second-order valence-electron chi connectivity index (χ2n) is 6.85. The summed E-state index contributed by atoms with van der Waals surface area (Å²) >= 11 is 3.39. The van der Waals surface area contributed by atoms with E-state index in [1.807, 2.05) is 31.2 Å². The first-order chi connectivity index (χ1) is 14.9. The Kier molecular flexibility index (Phi) is 5.76. The zero-order valence-electron chi connectivity index (χ0n) is 16.5. The number of carbonyl (C=O) groups excluding carboxylic acids is 1. The molecule has 0 aliphatic carbocycles. The van der Waals surface area contributed by atoms with Crippen molar-refractivity contribution in [3.63, 3.8) is 0 Å². The average molecular weight is 484 g/mol. The van der Waals surface area contributed by atoms with Crippen LogP contribution in [0.15, 0.2) is 56.9 Å². The standard InChI is InChI=1S/C20H18BrN7O3/c1-2-7-28-16-15(18(30)25-20(28)31)8-13(9-22-16)17(29)24-19-23-11-27(26-19)10-12-3-5-14(21)6-4-12/h3-6,8-9,11H,2,7,10H2,1H3,(H,24,26,29)(H,25,30,31). The van der Waals surface area contributed by atoms with E-state index in [1.165, 1.54) is 23.2 Å². The van der Waals surface area contributed by atoms with Crippen LogP contribution < -0.4 is 16.6 Å². The summed E-state index contributed by atoms with van der Waals surface area (Å²) in [6.45, 7) is 2.82. The second kappa shape index (κ2) is 8.64. The maximum absolute atomic E-state index is 12.6. The topological polar surface area (TPSA) is 128 Å². The molecule has 0 aliphatic heterocycles. The number of pyridine rings is 1. The van der Waals surface area contributed by atoms with Crippen LogP contribution >= 0.6 is 15.9 Å². The number of nitrogens with one attached hydrogen (secondary N) is 2. The molecule has 11 heteroatoms. The van der Waals surface area contributed by atoms with Gasteiger partial charge in [-0.2, -0.15) is 0 Å². The van der Waals surface area contributed by atoms with E-state index < -0.39 is 17.2 Å². The summed E-state index contributed by atoms with van der Waals surface area (Å²) in [4.78, 5) is 47.4. The van der Waals surface area contributed by atoms with Crippen LogP contribution in [0.2, 0.25) is 0 Å². The lowest BCUT2D eigenvalue weighted by molar-refractivity contribution is 0.102. The van der Waals surface area contributed by atoms with Crippen molar-refractivity contribution in [1.29, 1.82) is 0 Å². The van der Waals surface area contributed by atoms with Crippen LogP contribution in [-0.4, -0.2) is 35.2 Å². The molecule has 10 nitrogen and oxygen atoms in total. The first kappa shape index (κ1) is 20.7. The number of halogens is 1. The molecule has 3 aromatic heterocycles. The number of fused-ring (bicyclic) bond motifs is 1. The van der Waals surface area contributed by atoms with Crippen LogP contribution in [0.3, 0.4) is 0 Å². The maximum Gasteiger partial charge on any atom is 0.329 e. The van der Waals surface area contributed by atoms with Crippen LogP contribution in [-0.2, 0) is 13.1 Å². The van der Waals surface area contributed by atoms with Crippen LogP contribution in [0, 0.1) is 0 Å². The van der Waals surface area contributed by atoms with Crippen molar-refractivity contribution in [2.24, 2.45) is 0 Å². The van der Waals surface area contributed by atoms with Crippen molar-refractivity contribution in [3.05, 3.63) is 79.3 Å². The molecule has 0 spiro atoms. The van der Waals surface area contributed by atoms with E-state index in [1.54, 1.807) is 4.68 Å². The Bertz CT molecular complexity index is 1370. The van der Waals surface area contributed by atoms with Gasteiger partial charge in [-0.1, -0.05) is 35.0 Å². The van der Waals surface area contributed by atoms with Crippen molar-refractivity contribution in [2.45, 2.75) is 26.4 Å². The Labute approximate surface area is 184 Å². The monoisotopic (exact) mass is 483 g/mol. The minimum Gasteiger partial charge on any atom is -0.289 e. The Morgan fingerprint density at radius 2 is 1.97 bits per heavy atom. The molecule has 31 heavy (non-hydrogen) atoms. The zero-order valence-corrected chi connectivity index (χ0v) is 18.1.